The Morgan fingerprint density at radius 3 is 3.17 bits per heavy atom. The summed E-state index contributed by atoms with van der Waals surface area (Å²) in [6.07, 6.45) is 2.70. The zero-order valence-electron chi connectivity index (χ0n) is 7.21. The van der Waals surface area contributed by atoms with Crippen LogP contribution in [0.2, 0.25) is 0 Å². The van der Waals surface area contributed by atoms with Gasteiger partial charge in [0.1, 0.15) is 0 Å². The van der Waals surface area contributed by atoms with Crippen molar-refractivity contribution >= 4 is 27.7 Å². The van der Waals surface area contributed by atoms with Crippen molar-refractivity contribution in [3.8, 4) is 0 Å². The van der Waals surface area contributed by atoms with Crippen LogP contribution in [-0.2, 0) is 10.8 Å². The zero-order valence-corrected chi connectivity index (χ0v) is 8.84. The van der Waals surface area contributed by atoms with Crippen molar-refractivity contribution in [2.24, 2.45) is 4.99 Å². The molecule has 0 spiro atoms. The average Bonchev–Trinajstić information content (AvgIpc) is 2.49. The first kappa shape index (κ1) is 10.1. The molecule has 0 aromatic heterocycles. The lowest BCUT2D eigenvalue weighted by Gasteiger charge is -2.02. The molecular formula is C7H14N2OS2. The van der Waals surface area contributed by atoms with E-state index in [0.29, 0.717) is 0 Å². The smallest absolute Gasteiger partial charge is 0.156 e. The normalized spacial score (nSPS) is 18.9. The molecule has 1 rings (SSSR count). The molecule has 0 saturated heterocycles. The van der Waals surface area contributed by atoms with Crippen LogP contribution >= 0.6 is 11.8 Å². The molecule has 0 fully saturated rings. The van der Waals surface area contributed by atoms with Crippen LogP contribution in [0, 0.1) is 0 Å². The van der Waals surface area contributed by atoms with E-state index in [4.69, 9.17) is 0 Å². The first-order chi connectivity index (χ1) is 5.79. The standard InChI is InChI=1S/C7H14N2OS2/c1-12(10)6-2-3-8-7-9-4-5-11-7/h2-6H2,1H3,(H,8,9). The molecule has 1 atom stereocenters. The molecule has 1 aliphatic rings. The summed E-state index contributed by atoms with van der Waals surface area (Å²) in [6, 6.07) is 0. The predicted molar refractivity (Wildman–Crippen MR) is 56.3 cm³/mol. The Hall–Kier alpha value is -0.0300. The maximum Gasteiger partial charge on any atom is 0.156 e. The number of hydrogen-bond acceptors (Lipinski definition) is 4. The fraction of sp³-hybridized carbons (Fsp3) is 0.857. The van der Waals surface area contributed by atoms with Gasteiger partial charge in [-0.05, 0) is 6.42 Å². The van der Waals surface area contributed by atoms with Crippen molar-refractivity contribution in [3.63, 3.8) is 0 Å². The minimum atomic E-state index is -0.655. The second-order valence-corrected chi connectivity index (χ2v) is 5.23. The van der Waals surface area contributed by atoms with Gasteiger partial charge in [-0.2, -0.15) is 0 Å². The van der Waals surface area contributed by atoms with E-state index in [9.17, 15) is 4.21 Å². The van der Waals surface area contributed by atoms with E-state index in [1.807, 2.05) is 0 Å². The first-order valence-corrected chi connectivity index (χ1v) is 6.71. The van der Waals surface area contributed by atoms with Gasteiger partial charge in [-0.25, -0.2) is 0 Å². The first-order valence-electron chi connectivity index (χ1n) is 4.00. The fourth-order valence-corrected chi connectivity index (χ4v) is 2.23. The molecule has 12 heavy (non-hydrogen) atoms. The van der Waals surface area contributed by atoms with Gasteiger partial charge in [-0.1, -0.05) is 11.8 Å². The molecule has 1 heterocycles. The van der Waals surface area contributed by atoms with Crippen molar-refractivity contribution in [3.05, 3.63) is 0 Å². The van der Waals surface area contributed by atoms with E-state index >= 15 is 0 Å². The molecule has 0 radical (unpaired) electrons. The number of hydrogen-bond donors (Lipinski definition) is 1. The highest BCUT2D eigenvalue weighted by Gasteiger charge is 2.04. The third kappa shape index (κ3) is 4.11. The average molecular weight is 206 g/mol. The Balaban J connectivity index is 1.98. The maximum absolute atomic E-state index is 10.7. The van der Waals surface area contributed by atoms with Gasteiger partial charge in [0.15, 0.2) is 5.17 Å². The summed E-state index contributed by atoms with van der Waals surface area (Å²) in [4.78, 5) is 4.25. The second kappa shape index (κ2) is 5.59. The number of rotatable bonds is 4. The lowest BCUT2D eigenvalue weighted by Crippen LogP contribution is -2.21. The molecule has 70 valence electrons. The Morgan fingerprint density at radius 1 is 1.75 bits per heavy atom. The number of nitrogens with zero attached hydrogens (tertiary/aromatic N) is 1. The lowest BCUT2D eigenvalue weighted by molar-refractivity contribution is 0.683. The molecule has 0 amide bonds. The Bertz CT molecular complexity index is 194. The molecule has 1 unspecified atom stereocenters. The third-order valence-corrected chi connectivity index (χ3v) is 3.27. The van der Waals surface area contributed by atoms with E-state index in [1.54, 1.807) is 18.0 Å². The van der Waals surface area contributed by atoms with E-state index in [1.165, 1.54) is 0 Å². The second-order valence-electron chi connectivity index (χ2n) is 2.59. The van der Waals surface area contributed by atoms with Gasteiger partial charge in [0.25, 0.3) is 0 Å². The molecule has 5 heteroatoms. The number of aliphatic imine (C=N–C) groups is 1. The summed E-state index contributed by atoms with van der Waals surface area (Å²) in [5.41, 5.74) is 0. The van der Waals surface area contributed by atoms with Gasteiger partial charge in [-0.3, -0.25) is 9.20 Å². The lowest BCUT2D eigenvalue weighted by atomic mass is 10.5. The highest BCUT2D eigenvalue weighted by atomic mass is 32.2. The van der Waals surface area contributed by atoms with E-state index in [2.05, 4.69) is 10.3 Å². The molecule has 0 saturated carbocycles. The molecule has 0 aromatic carbocycles. The number of thioether (sulfide) groups is 1. The Kier molecular flexibility index (Phi) is 4.68. The van der Waals surface area contributed by atoms with E-state index < -0.39 is 10.8 Å². The van der Waals surface area contributed by atoms with Crippen LogP contribution in [0.4, 0.5) is 0 Å². The highest BCUT2D eigenvalue weighted by Crippen LogP contribution is 2.08. The third-order valence-electron chi connectivity index (χ3n) is 1.47. The van der Waals surface area contributed by atoms with Gasteiger partial charge < -0.3 is 5.32 Å². The fourth-order valence-electron chi connectivity index (χ4n) is 0.913. The quantitative estimate of drug-likeness (QED) is 0.679. The van der Waals surface area contributed by atoms with E-state index in [0.717, 1.165) is 36.2 Å². The predicted octanol–water partition coefficient (Wildman–Crippen LogP) is 0.447. The Morgan fingerprint density at radius 2 is 2.58 bits per heavy atom. The monoisotopic (exact) mass is 206 g/mol. The summed E-state index contributed by atoms with van der Waals surface area (Å²) < 4.78 is 10.7. The van der Waals surface area contributed by atoms with Crippen LogP contribution in [-0.4, -0.2) is 40.2 Å². The van der Waals surface area contributed by atoms with Crippen molar-refractivity contribution in [2.45, 2.75) is 6.42 Å². The van der Waals surface area contributed by atoms with Gasteiger partial charge in [0.05, 0.1) is 6.54 Å². The summed E-state index contributed by atoms with van der Waals surface area (Å²) >= 11 is 1.76. The van der Waals surface area contributed by atoms with Gasteiger partial charge >= 0.3 is 0 Å². The van der Waals surface area contributed by atoms with Gasteiger partial charge in [0, 0.05) is 35.1 Å². The van der Waals surface area contributed by atoms with Crippen molar-refractivity contribution in [1.29, 1.82) is 0 Å². The summed E-state index contributed by atoms with van der Waals surface area (Å²) in [5.74, 6) is 1.88. The summed E-state index contributed by atoms with van der Waals surface area (Å²) in [7, 11) is -0.655. The van der Waals surface area contributed by atoms with Crippen molar-refractivity contribution in [1.82, 2.24) is 5.32 Å². The highest BCUT2D eigenvalue weighted by molar-refractivity contribution is 8.14. The molecule has 0 aliphatic carbocycles. The largest absolute Gasteiger partial charge is 0.365 e. The van der Waals surface area contributed by atoms with Crippen LogP contribution in [0.15, 0.2) is 4.99 Å². The van der Waals surface area contributed by atoms with Crippen LogP contribution < -0.4 is 5.32 Å². The topological polar surface area (TPSA) is 41.5 Å². The maximum atomic E-state index is 10.7. The minimum absolute atomic E-state index is 0.655. The Labute approximate surface area is 79.9 Å². The molecule has 1 N–H and O–H groups in total. The summed E-state index contributed by atoms with van der Waals surface area (Å²) in [5, 5.41) is 4.27. The van der Waals surface area contributed by atoms with E-state index in [-0.39, 0.29) is 0 Å². The van der Waals surface area contributed by atoms with Gasteiger partial charge in [-0.15, -0.1) is 0 Å². The molecule has 0 aromatic rings. The van der Waals surface area contributed by atoms with Crippen molar-refractivity contribution < 1.29 is 4.21 Å². The zero-order chi connectivity index (χ0) is 8.81. The van der Waals surface area contributed by atoms with Crippen LogP contribution in [0.25, 0.3) is 0 Å². The molecule has 3 nitrogen and oxygen atoms in total. The number of nitrogens with one attached hydrogen (secondary N) is 1. The summed E-state index contributed by atoms with van der Waals surface area (Å²) in [6.45, 7) is 1.83. The molecule has 1 aliphatic heterocycles. The molecule has 0 bridgehead atoms. The van der Waals surface area contributed by atoms with Crippen molar-refractivity contribution in [2.75, 3.05) is 30.9 Å². The SMILES string of the molecule is CS(=O)CCCNC1=NCCS1. The van der Waals surface area contributed by atoms with Crippen LogP contribution in [0.1, 0.15) is 6.42 Å². The van der Waals surface area contributed by atoms with Gasteiger partial charge in [0.2, 0.25) is 0 Å². The van der Waals surface area contributed by atoms with Crippen LogP contribution in [0.3, 0.4) is 0 Å². The molecular weight excluding hydrogens is 192 g/mol. The minimum Gasteiger partial charge on any atom is -0.365 e. The van der Waals surface area contributed by atoms with Crippen LogP contribution in [0.5, 0.6) is 0 Å². The number of amidine groups is 1.